The molecule has 16 heavy (non-hydrogen) atoms. The zero-order valence-corrected chi connectivity index (χ0v) is 10.8. The fraction of sp³-hybridized carbons (Fsp3) is 0.923. The van der Waals surface area contributed by atoms with Gasteiger partial charge in [0.2, 0.25) is 0 Å². The zero-order valence-electron chi connectivity index (χ0n) is 10.8. The summed E-state index contributed by atoms with van der Waals surface area (Å²) in [5.74, 6) is 3.56. The van der Waals surface area contributed by atoms with Gasteiger partial charge in [-0.3, -0.25) is 4.99 Å². The second-order valence-electron chi connectivity index (χ2n) is 5.90. The number of fused-ring (bicyclic) bond motifs is 2. The normalized spacial score (nSPS) is 33.8. The predicted molar refractivity (Wildman–Crippen MR) is 68.3 cm³/mol. The number of hydrogen-bond donors (Lipinski definition) is 1. The minimum absolute atomic E-state index is 0.294. The van der Waals surface area contributed by atoms with Crippen LogP contribution in [0.1, 0.15) is 39.5 Å². The first kappa shape index (κ1) is 11.7. The molecule has 92 valence electrons. The molecule has 3 atom stereocenters. The lowest BCUT2D eigenvalue weighted by atomic mass is 9.88. The number of hydrogen-bond acceptors (Lipinski definition) is 1. The molecular formula is C13H25N3. The van der Waals surface area contributed by atoms with Gasteiger partial charge in [0.15, 0.2) is 5.96 Å². The van der Waals surface area contributed by atoms with Gasteiger partial charge < -0.3 is 10.6 Å². The largest absolute Gasteiger partial charge is 0.370 e. The van der Waals surface area contributed by atoms with Crippen LogP contribution in [0.5, 0.6) is 0 Å². The Labute approximate surface area is 99.1 Å². The molecule has 0 amide bonds. The van der Waals surface area contributed by atoms with Crippen LogP contribution < -0.4 is 5.73 Å². The summed E-state index contributed by atoms with van der Waals surface area (Å²) in [6.07, 6.45) is 5.81. The summed E-state index contributed by atoms with van der Waals surface area (Å²) in [6.45, 7) is 5.24. The first-order valence-corrected chi connectivity index (χ1v) is 6.60. The van der Waals surface area contributed by atoms with Crippen molar-refractivity contribution in [2.75, 3.05) is 13.6 Å². The summed E-state index contributed by atoms with van der Waals surface area (Å²) in [7, 11) is 2.08. The maximum absolute atomic E-state index is 5.97. The quantitative estimate of drug-likeness (QED) is 0.588. The van der Waals surface area contributed by atoms with Crippen LogP contribution in [0.25, 0.3) is 0 Å². The Bertz CT molecular complexity index is 272. The summed E-state index contributed by atoms with van der Waals surface area (Å²) >= 11 is 0. The highest BCUT2D eigenvalue weighted by Gasteiger charge is 2.39. The Balaban J connectivity index is 1.85. The number of aliphatic imine (C=N–C) groups is 1. The third-order valence-corrected chi connectivity index (χ3v) is 4.17. The van der Waals surface area contributed by atoms with E-state index in [4.69, 9.17) is 5.73 Å². The van der Waals surface area contributed by atoms with Crippen molar-refractivity contribution in [1.29, 1.82) is 0 Å². The van der Waals surface area contributed by atoms with Crippen molar-refractivity contribution in [3.05, 3.63) is 0 Å². The Morgan fingerprint density at radius 2 is 2.12 bits per heavy atom. The Hall–Kier alpha value is -0.730. The van der Waals surface area contributed by atoms with Gasteiger partial charge in [-0.1, -0.05) is 6.42 Å². The fourth-order valence-electron chi connectivity index (χ4n) is 3.41. The molecule has 0 aromatic heterocycles. The maximum Gasteiger partial charge on any atom is 0.191 e. The van der Waals surface area contributed by atoms with E-state index in [9.17, 15) is 0 Å². The van der Waals surface area contributed by atoms with Crippen molar-refractivity contribution in [3.8, 4) is 0 Å². The summed E-state index contributed by atoms with van der Waals surface area (Å²) in [4.78, 5) is 6.55. The zero-order chi connectivity index (χ0) is 11.7. The molecule has 0 saturated heterocycles. The molecule has 3 heteroatoms. The van der Waals surface area contributed by atoms with Crippen LogP contribution in [-0.4, -0.2) is 30.5 Å². The Kier molecular flexibility index (Phi) is 3.41. The second kappa shape index (κ2) is 4.64. The molecule has 2 bridgehead atoms. The van der Waals surface area contributed by atoms with Crippen LogP contribution >= 0.6 is 0 Å². The molecule has 2 N–H and O–H groups in total. The molecule has 0 aromatic carbocycles. The van der Waals surface area contributed by atoms with E-state index in [1.54, 1.807) is 0 Å². The molecule has 0 spiro atoms. The number of guanidine groups is 1. The number of nitrogens with two attached hydrogens (primary N) is 1. The van der Waals surface area contributed by atoms with Gasteiger partial charge in [-0.15, -0.1) is 0 Å². The SMILES string of the molecule is CC(C)N=C(N)N(C)CC1CC2CCC1C2. The van der Waals surface area contributed by atoms with E-state index < -0.39 is 0 Å². The molecule has 3 unspecified atom stereocenters. The fourth-order valence-corrected chi connectivity index (χ4v) is 3.41. The average molecular weight is 223 g/mol. The molecule has 2 saturated carbocycles. The lowest BCUT2D eigenvalue weighted by molar-refractivity contribution is 0.274. The Morgan fingerprint density at radius 1 is 1.38 bits per heavy atom. The molecule has 2 aliphatic carbocycles. The average Bonchev–Trinajstić information content (AvgIpc) is 2.77. The minimum atomic E-state index is 0.294. The van der Waals surface area contributed by atoms with Crippen molar-refractivity contribution >= 4 is 5.96 Å². The van der Waals surface area contributed by atoms with Crippen LogP contribution in [0.4, 0.5) is 0 Å². The molecule has 0 radical (unpaired) electrons. The van der Waals surface area contributed by atoms with Crippen LogP contribution in [0, 0.1) is 17.8 Å². The summed E-state index contributed by atoms with van der Waals surface area (Å²) in [5, 5.41) is 0. The van der Waals surface area contributed by atoms with Crippen LogP contribution in [-0.2, 0) is 0 Å². The standard InChI is InChI=1S/C13H25N3/c1-9(2)15-13(14)16(3)8-12-7-10-4-5-11(12)6-10/h9-12H,4-8H2,1-3H3,(H2,14,15). The predicted octanol–water partition coefficient (Wildman–Crippen LogP) is 2.08. The summed E-state index contributed by atoms with van der Waals surface area (Å²) < 4.78 is 0. The van der Waals surface area contributed by atoms with Gasteiger partial charge in [-0.05, 0) is 50.9 Å². The molecular weight excluding hydrogens is 198 g/mol. The van der Waals surface area contributed by atoms with E-state index in [1.165, 1.54) is 25.7 Å². The van der Waals surface area contributed by atoms with Gasteiger partial charge in [-0.25, -0.2) is 0 Å². The monoisotopic (exact) mass is 223 g/mol. The van der Waals surface area contributed by atoms with Gasteiger partial charge in [0.05, 0.1) is 0 Å². The Morgan fingerprint density at radius 3 is 2.62 bits per heavy atom. The molecule has 2 aliphatic rings. The first-order chi connectivity index (χ1) is 7.56. The minimum Gasteiger partial charge on any atom is -0.370 e. The molecule has 0 aromatic rings. The molecule has 2 rings (SSSR count). The van der Waals surface area contributed by atoms with Gasteiger partial charge in [-0.2, -0.15) is 0 Å². The highest BCUT2D eigenvalue weighted by Crippen LogP contribution is 2.48. The number of nitrogens with zero attached hydrogens (tertiary/aromatic N) is 2. The van der Waals surface area contributed by atoms with Crippen molar-refractivity contribution in [2.45, 2.75) is 45.6 Å². The van der Waals surface area contributed by atoms with Crippen molar-refractivity contribution < 1.29 is 0 Å². The van der Waals surface area contributed by atoms with E-state index in [0.717, 1.165) is 24.3 Å². The van der Waals surface area contributed by atoms with Gasteiger partial charge in [0.1, 0.15) is 0 Å². The first-order valence-electron chi connectivity index (χ1n) is 6.60. The van der Waals surface area contributed by atoms with E-state index in [0.29, 0.717) is 12.0 Å². The van der Waals surface area contributed by atoms with Gasteiger partial charge in [0, 0.05) is 19.6 Å². The van der Waals surface area contributed by atoms with Gasteiger partial charge in [0.25, 0.3) is 0 Å². The van der Waals surface area contributed by atoms with E-state index in [1.807, 2.05) is 0 Å². The third kappa shape index (κ3) is 2.50. The maximum atomic E-state index is 5.97. The topological polar surface area (TPSA) is 41.6 Å². The number of rotatable bonds is 3. The smallest absolute Gasteiger partial charge is 0.191 e. The molecule has 0 aliphatic heterocycles. The highest BCUT2D eigenvalue weighted by molar-refractivity contribution is 5.77. The second-order valence-corrected chi connectivity index (χ2v) is 5.90. The van der Waals surface area contributed by atoms with Gasteiger partial charge >= 0.3 is 0 Å². The third-order valence-electron chi connectivity index (χ3n) is 4.17. The molecule has 0 heterocycles. The van der Waals surface area contributed by atoms with Crippen molar-refractivity contribution in [3.63, 3.8) is 0 Å². The van der Waals surface area contributed by atoms with Crippen LogP contribution in [0.15, 0.2) is 4.99 Å². The summed E-state index contributed by atoms with van der Waals surface area (Å²) in [5.41, 5.74) is 5.97. The van der Waals surface area contributed by atoms with Crippen LogP contribution in [0.3, 0.4) is 0 Å². The highest BCUT2D eigenvalue weighted by atomic mass is 15.2. The van der Waals surface area contributed by atoms with Crippen molar-refractivity contribution in [1.82, 2.24) is 4.90 Å². The summed E-state index contributed by atoms with van der Waals surface area (Å²) in [6, 6.07) is 0.294. The molecule has 2 fully saturated rings. The molecule has 3 nitrogen and oxygen atoms in total. The van der Waals surface area contributed by atoms with Crippen LogP contribution in [0.2, 0.25) is 0 Å². The lowest BCUT2D eigenvalue weighted by Gasteiger charge is -2.28. The van der Waals surface area contributed by atoms with E-state index in [-0.39, 0.29) is 0 Å². The van der Waals surface area contributed by atoms with E-state index >= 15 is 0 Å². The van der Waals surface area contributed by atoms with E-state index in [2.05, 4.69) is 30.8 Å². The lowest BCUT2D eigenvalue weighted by Crippen LogP contribution is -2.39. The van der Waals surface area contributed by atoms with Crippen molar-refractivity contribution in [2.24, 2.45) is 28.5 Å².